The molecule has 84 valence electrons. The lowest BCUT2D eigenvalue weighted by atomic mass is 10.1. The summed E-state index contributed by atoms with van der Waals surface area (Å²) in [5.41, 5.74) is -1.23. The van der Waals surface area contributed by atoms with Gasteiger partial charge in [0.15, 0.2) is 23.3 Å². The van der Waals surface area contributed by atoms with Gasteiger partial charge in [0.2, 0.25) is 0 Å². The van der Waals surface area contributed by atoms with Crippen molar-refractivity contribution in [2.75, 3.05) is 6.54 Å². The zero-order valence-corrected chi connectivity index (χ0v) is 8.43. The van der Waals surface area contributed by atoms with Crippen LogP contribution in [0, 0.1) is 30.2 Å². The first-order valence-electron chi connectivity index (χ1n) is 4.52. The van der Waals surface area contributed by atoms with Crippen LogP contribution < -0.4 is 5.32 Å². The maximum absolute atomic E-state index is 13.2. The lowest BCUT2D eigenvalue weighted by Crippen LogP contribution is -2.17. The molecule has 0 fully saturated rings. The van der Waals surface area contributed by atoms with E-state index in [9.17, 15) is 17.6 Å². The number of hydrogen-bond acceptors (Lipinski definition) is 1. The SMILES string of the molecule is CCNCc1c(F)c(F)c(C)c(F)c1F. The topological polar surface area (TPSA) is 12.0 Å². The number of nitrogens with one attached hydrogen (secondary N) is 1. The van der Waals surface area contributed by atoms with E-state index in [1.165, 1.54) is 0 Å². The van der Waals surface area contributed by atoms with E-state index >= 15 is 0 Å². The highest BCUT2D eigenvalue weighted by molar-refractivity contribution is 5.28. The molecule has 0 aliphatic carbocycles. The fraction of sp³-hybridized carbons (Fsp3) is 0.400. The van der Waals surface area contributed by atoms with Crippen LogP contribution in [0.5, 0.6) is 0 Å². The second kappa shape index (κ2) is 4.61. The zero-order chi connectivity index (χ0) is 11.6. The van der Waals surface area contributed by atoms with Crippen molar-refractivity contribution < 1.29 is 17.6 Å². The summed E-state index contributed by atoms with van der Waals surface area (Å²) in [6.07, 6.45) is 0. The minimum atomic E-state index is -1.33. The van der Waals surface area contributed by atoms with Crippen LogP contribution in [-0.4, -0.2) is 6.54 Å². The fourth-order valence-corrected chi connectivity index (χ4v) is 1.19. The smallest absolute Gasteiger partial charge is 0.166 e. The van der Waals surface area contributed by atoms with E-state index in [0.717, 1.165) is 6.92 Å². The summed E-state index contributed by atoms with van der Waals surface area (Å²) in [4.78, 5) is 0. The van der Waals surface area contributed by atoms with Crippen LogP contribution in [0.4, 0.5) is 17.6 Å². The Morgan fingerprint density at radius 3 is 1.80 bits per heavy atom. The first kappa shape index (κ1) is 12.0. The lowest BCUT2D eigenvalue weighted by Gasteiger charge is -2.09. The van der Waals surface area contributed by atoms with Crippen LogP contribution in [0.3, 0.4) is 0 Å². The van der Waals surface area contributed by atoms with Crippen LogP contribution in [0.2, 0.25) is 0 Å². The van der Waals surface area contributed by atoms with Crippen molar-refractivity contribution in [1.29, 1.82) is 0 Å². The first-order chi connectivity index (χ1) is 7.00. The standard InChI is InChI=1S/C10H11F4N/c1-3-15-4-6-9(13)7(11)5(2)8(12)10(6)14/h15H,3-4H2,1-2H3. The molecule has 0 aromatic heterocycles. The molecule has 1 N–H and O–H groups in total. The van der Waals surface area contributed by atoms with Gasteiger partial charge in [0.1, 0.15) is 0 Å². The molecule has 0 atom stereocenters. The molecule has 1 rings (SSSR count). The summed E-state index contributed by atoms with van der Waals surface area (Å²) in [5, 5.41) is 2.61. The van der Waals surface area contributed by atoms with Gasteiger partial charge in [-0.3, -0.25) is 0 Å². The summed E-state index contributed by atoms with van der Waals surface area (Å²) >= 11 is 0. The molecule has 1 aromatic carbocycles. The first-order valence-corrected chi connectivity index (χ1v) is 4.52. The van der Waals surface area contributed by atoms with Crippen LogP contribution in [0.15, 0.2) is 0 Å². The fourth-order valence-electron chi connectivity index (χ4n) is 1.19. The van der Waals surface area contributed by atoms with Gasteiger partial charge in [0.25, 0.3) is 0 Å². The van der Waals surface area contributed by atoms with Crippen molar-refractivity contribution in [3.8, 4) is 0 Å². The predicted octanol–water partition coefficient (Wildman–Crippen LogP) is 2.66. The van der Waals surface area contributed by atoms with Gasteiger partial charge in [-0.1, -0.05) is 6.92 Å². The van der Waals surface area contributed by atoms with Gasteiger partial charge in [-0.05, 0) is 13.5 Å². The third-order valence-corrected chi connectivity index (χ3v) is 2.13. The average molecular weight is 221 g/mol. The van der Waals surface area contributed by atoms with Crippen molar-refractivity contribution in [3.63, 3.8) is 0 Å². The van der Waals surface area contributed by atoms with E-state index in [2.05, 4.69) is 5.32 Å². The molecule has 0 amide bonds. The number of halogens is 4. The monoisotopic (exact) mass is 221 g/mol. The second-order valence-corrected chi connectivity index (χ2v) is 3.14. The molecule has 0 heterocycles. The molecule has 0 saturated heterocycles. The van der Waals surface area contributed by atoms with Gasteiger partial charge < -0.3 is 5.32 Å². The highest BCUT2D eigenvalue weighted by atomic mass is 19.2. The normalized spacial score (nSPS) is 10.8. The van der Waals surface area contributed by atoms with Crippen molar-refractivity contribution in [2.45, 2.75) is 20.4 Å². The Morgan fingerprint density at radius 1 is 0.933 bits per heavy atom. The van der Waals surface area contributed by atoms with Crippen molar-refractivity contribution in [3.05, 3.63) is 34.4 Å². The molecule has 1 aromatic rings. The van der Waals surface area contributed by atoms with Gasteiger partial charge >= 0.3 is 0 Å². The van der Waals surface area contributed by atoms with Crippen LogP contribution in [0.1, 0.15) is 18.1 Å². The molecule has 0 aliphatic heterocycles. The Labute approximate surface area is 85.1 Å². The summed E-state index contributed by atoms with van der Waals surface area (Å²) in [5.74, 6) is -5.32. The van der Waals surface area contributed by atoms with E-state index in [1.807, 2.05) is 0 Å². The van der Waals surface area contributed by atoms with Crippen molar-refractivity contribution in [1.82, 2.24) is 5.32 Å². The molecule has 5 heteroatoms. The number of benzene rings is 1. The third kappa shape index (κ3) is 2.12. The second-order valence-electron chi connectivity index (χ2n) is 3.14. The quantitative estimate of drug-likeness (QED) is 0.611. The molecule has 0 unspecified atom stereocenters. The highest BCUT2D eigenvalue weighted by Crippen LogP contribution is 2.23. The Hall–Kier alpha value is -1.10. The van der Waals surface area contributed by atoms with Crippen molar-refractivity contribution in [2.24, 2.45) is 0 Å². The third-order valence-electron chi connectivity index (χ3n) is 2.13. The summed E-state index contributed by atoms with van der Waals surface area (Å²) in [6, 6.07) is 0. The molecule has 0 spiro atoms. The molecule has 1 nitrogen and oxygen atoms in total. The molecule has 0 bridgehead atoms. The van der Waals surface area contributed by atoms with E-state index in [0.29, 0.717) is 6.54 Å². The molecular weight excluding hydrogens is 210 g/mol. The summed E-state index contributed by atoms with van der Waals surface area (Å²) in [7, 11) is 0. The molecular formula is C10H11F4N. The average Bonchev–Trinajstić information content (AvgIpc) is 2.24. The summed E-state index contributed by atoms with van der Waals surface area (Å²) < 4.78 is 52.5. The Bertz CT molecular complexity index is 347. The van der Waals surface area contributed by atoms with Gasteiger partial charge in [-0.2, -0.15) is 0 Å². The van der Waals surface area contributed by atoms with Crippen molar-refractivity contribution >= 4 is 0 Å². The summed E-state index contributed by atoms with van der Waals surface area (Å²) in [6.45, 7) is 2.93. The minimum Gasteiger partial charge on any atom is -0.313 e. The maximum Gasteiger partial charge on any atom is 0.166 e. The van der Waals surface area contributed by atoms with E-state index in [1.54, 1.807) is 6.92 Å². The zero-order valence-electron chi connectivity index (χ0n) is 8.43. The number of hydrogen-bond donors (Lipinski definition) is 1. The molecule has 0 radical (unpaired) electrons. The molecule has 15 heavy (non-hydrogen) atoms. The van der Waals surface area contributed by atoms with Gasteiger partial charge in [0, 0.05) is 17.7 Å². The minimum absolute atomic E-state index is 0.234. The van der Waals surface area contributed by atoms with Crippen LogP contribution in [-0.2, 0) is 6.54 Å². The van der Waals surface area contributed by atoms with Gasteiger partial charge in [-0.15, -0.1) is 0 Å². The highest BCUT2D eigenvalue weighted by Gasteiger charge is 2.22. The van der Waals surface area contributed by atoms with Crippen LogP contribution >= 0.6 is 0 Å². The molecule has 0 saturated carbocycles. The van der Waals surface area contributed by atoms with E-state index in [-0.39, 0.29) is 6.54 Å². The van der Waals surface area contributed by atoms with Crippen LogP contribution in [0.25, 0.3) is 0 Å². The largest absolute Gasteiger partial charge is 0.313 e. The van der Waals surface area contributed by atoms with Gasteiger partial charge in [-0.25, -0.2) is 17.6 Å². The number of rotatable bonds is 3. The van der Waals surface area contributed by atoms with E-state index in [4.69, 9.17) is 0 Å². The maximum atomic E-state index is 13.2. The Kier molecular flexibility index (Phi) is 3.68. The van der Waals surface area contributed by atoms with Gasteiger partial charge in [0.05, 0.1) is 0 Å². The lowest BCUT2D eigenvalue weighted by molar-refractivity contribution is 0.426. The molecule has 0 aliphatic rings. The Morgan fingerprint density at radius 2 is 1.40 bits per heavy atom. The van der Waals surface area contributed by atoms with E-state index < -0.39 is 34.4 Å². The Balaban J connectivity index is 3.26. The predicted molar refractivity (Wildman–Crippen MR) is 48.4 cm³/mol.